The maximum atomic E-state index is 12.8. The number of amides is 1. The molecule has 0 spiro atoms. The molecule has 3 rings (SSSR count). The highest BCUT2D eigenvalue weighted by molar-refractivity contribution is 7.92. The van der Waals surface area contributed by atoms with Gasteiger partial charge in [-0.25, -0.2) is 13.1 Å². The Morgan fingerprint density at radius 2 is 1.82 bits per heavy atom. The molecule has 28 heavy (non-hydrogen) atoms. The maximum absolute atomic E-state index is 12.8. The summed E-state index contributed by atoms with van der Waals surface area (Å²) >= 11 is 18.9. The number of nitrogens with one attached hydrogen (secondary N) is 1. The second-order valence-electron chi connectivity index (χ2n) is 6.01. The van der Waals surface area contributed by atoms with Gasteiger partial charge in [-0.2, -0.15) is 0 Å². The van der Waals surface area contributed by atoms with Gasteiger partial charge in [-0.3, -0.25) is 4.79 Å². The molecule has 1 N–H and O–H groups in total. The van der Waals surface area contributed by atoms with Crippen molar-refractivity contribution in [2.75, 3.05) is 0 Å². The van der Waals surface area contributed by atoms with Gasteiger partial charge >= 0.3 is 0 Å². The van der Waals surface area contributed by atoms with Gasteiger partial charge in [0.05, 0.1) is 4.34 Å². The predicted molar refractivity (Wildman–Crippen MR) is 114 cm³/mol. The summed E-state index contributed by atoms with van der Waals surface area (Å²) in [6.07, 6.45) is 0.357. The van der Waals surface area contributed by atoms with Crippen LogP contribution in [0.15, 0.2) is 52.7 Å². The van der Waals surface area contributed by atoms with E-state index in [1.165, 1.54) is 12.1 Å². The van der Waals surface area contributed by atoms with Crippen molar-refractivity contribution in [1.29, 1.82) is 0 Å². The molecule has 0 unspecified atom stereocenters. The van der Waals surface area contributed by atoms with Crippen LogP contribution in [0.1, 0.15) is 27.0 Å². The number of hydrogen-bond acceptors (Lipinski definition) is 4. The van der Waals surface area contributed by atoms with E-state index in [1.54, 1.807) is 30.3 Å². The van der Waals surface area contributed by atoms with Gasteiger partial charge in [-0.05, 0) is 60.4 Å². The lowest BCUT2D eigenvalue weighted by molar-refractivity contribution is 0.0980. The first-order valence-corrected chi connectivity index (χ1v) is 11.5. The summed E-state index contributed by atoms with van der Waals surface area (Å²) in [6, 6.07) is 13.1. The number of rotatable bonds is 5. The monoisotopic (exact) mass is 473 g/mol. The van der Waals surface area contributed by atoms with Crippen LogP contribution < -0.4 is 4.72 Å². The molecule has 0 radical (unpaired) electrons. The van der Waals surface area contributed by atoms with E-state index in [0.29, 0.717) is 26.4 Å². The molecular formula is C19H14Cl3NO3S2. The average Bonchev–Trinajstić information content (AvgIpc) is 3.05. The highest BCUT2D eigenvalue weighted by atomic mass is 35.5. The average molecular weight is 475 g/mol. The quantitative estimate of drug-likeness (QED) is 0.514. The lowest BCUT2D eigenvalue weighted by Gasteiger charge is -2.14. The Morgan fingerprint density at radius 3 is 2.46 bits per heavy atom. The lowest BCUT2D eigenvalue weighted by atomic mass is 9.95. The third-order valence-electron chi connectivity index (χ3n) is 4.08. The maximum Gasteiger partial charge on any atom is 0.273 e. The summed E-state index contributed by atoms with van der Waals surface area (Å²) in [5.41, 5.74) is 2.57. The van der Waals surface area contributed by atoms with Crippen LogP contribution in [0.2, 0.25) is 14.4 Å². The number of aryl methyl sites for hydroxylation is 1. The highest BCUT2D eigenvalue weighted by Gasteiger charge is 2.23. The Hall–Kier alpha value is -1.57. The molecule has 3 aromatic rings. The van der Waals surface area contributed by atoms with E-state index in [1.807, 2.05) is 13.0 Å². The number of thiophene rings is 1. The summed E-state index contributed by atoms with van der Waals surface area (Å²) in [5.74, 6) is -0.715. The molecule has 1 amide bonds. The Bertz CT molecular complexity index is 1160. The van der Waals surface area contributed by atoms with Crippen LogP contribution in [0.4, 0.5) is 0 Å². The lowest BCUT2D eigenvalue weighted by Crippen LogP contribution is -2.31. The molecule has 0 aliphatic carbocycles. The Balaban J connectivity index is 1.94. The number of halogens is 3. The van der Waals surface area contributed by atoms with Gasteiger partial charge in [-0.15, -0.1) is 11.3 Å². The minimum atomic E-state index is -4.01. The first-order valence-electron chi connectivity index (χ1n) is 8.02. The minimum Gasteiger partial charge on any atom is -0.268 e. The topological polar surface area (TPSA) is 63.2 Å². The number of benzene rings is 2. The minimum absolute atomic E-state index is 0.0270. The largest absolute Gasteiger partial charge is 0.273 e. The van der Waals surface area contributed by atoms with Crippen molar-refractivity contribution in [2.24, 2.45) is 0 Å². The fourth-order valence-electron chi connectivity index (χ4n) is 2.67. The van der Waals surface area contributed by atoms with Crippen molar-refractivity contribution in [1.82, 2.24) is 4.72 Å². The van der Waals surface area contributed by atoms with E-state index in [2.05, 4.69) is 4.72 Å². The van der Waals surface area contributed by atoms with Gasteiger partial charge in [0.15, 0.2) is 0 Å². The zero-order chi connectivity index (χ0) is 20.5. The van der Waals surface area contributed by atoms with Crippen LogP contribution in [0.5, 0.6) is 0 Å². The van der Waals surface area contributed by atoms with Gasteiger partial charge in [0.25, 0.3) is 15.9 Å². The van der Waals surface area contributed by atoms with E-state index in [-0.39, 0.29) is 9.77 Å². The molecule has 0 bridgehead atoms. The van der Waals surface area contributed by atoms with Crippen LogP contribution in [-0.4, -0.2) is 14.3 Å². The normalized spacial score (nSPS) is 11.4. The Labute approximate surface area is 182 Å². The van der Waals surface area contributed by atoms with Crippen molar-refractivity contribution < 1.29 is 13.2 Å². The van der Waals surface area contributed by atoms with Crippen molar-refractivity contribution in [3.05, 3.63) is 85.2 Å². The van der Waals surface area contributed by atoms with E-state index < -0.39 is 15.9 Å². The molecule has 4 nitrogen and oxygen atoms in total. The molecule has 9 heteroatoms. The van der Waals surface area contributed by atoms with Crippen LogP contribution >= 0.6 is 46.1 Å². The summed E-state index contributed by atoms with van der Waals surface area (Å²) in [4.78, 5) is 12.8. The molecule has 1 heterocycles. The zero-order valence-electron chi connectivity index (χ0n) is 14.5. The first-order chi connectivity index (χ1) is 13.2. The van der Waals surface area contributed by atoms with Crippen molar-refractivity contribution in [3.8, 4) is 0 Å². The Morgan fingerprint density at radius 1 is 1.07 bits per heavy atom. The first kappa shape index (κ1) is 21.1. The summed E-state index contributed by atoms with van der Waals surface area (Å²) in [7, 11) is -4.01. The number of carbonyl (C=O) groups excluding carboxylic acids is 1. The van der Waals surface area contributed by atoms with Gasteiger partial charge in [-0.1, -0.05) is 53.0 Å². The molecule has 0 saturated heterocycles. The van der Waals surface area contributed by atoms with Gasteiger partial charge in [0.1, 0.15) is 4.21 Å². The number of sulfonamides is 1. The second kappa shape index (κ2) is 8.43. The highest BCUT2D eigenvalue weighted by Crippen LogP contribution is 2.28. The van der Waals surface area contributed by atoms with E-state index >= 15 is 0 Å². The molecular weight excluding hydrogens is 461 g/mol. The fraction of sp³-hybridized carbons (Fsp3) is 0.105. The van der Waals surface area contributed by atoms with Gasteiger partial charge in [0, 0.05) is 15.6 Å². The molecule has 0 fully saturated rings. The smallest absolute Gasteiger partial charge is 0.268 e. The Kier molecular flexibility index (Phi) is 6.37. The molecule has 0 saturated carbocycles. The number of hydrogen-bond donors (Lipinski definition) is 1. The molecule has 0 atom stereocenters. The van der Waals surface area contributed by atoms with E-state index in [4.69, 9.17) is 34.8 Å². The van der Waals surface area contributed by atoms with E-state index in [9.17, 15) is 13.2 Å². The summed E-state index contributed by atoms with van der Waals surface area (Å²) in [6.45, 7) is 1.85. The van der Waals surface area contributed by atoms with Crippen molar-refractivity contribution >= 4 is 62.1 Å². The van der Waals surface area contributed by atoms with Crippen molar-refractivity contribution in [3.63, 3.8) is 0 Å². The summed E-state index contributed by atoms with van der Waals surface area (Å²) < 4.78 is 27.3. The molecule has 2 aromatic carbocycles. The standard InChI is InChI=1S/C19H14Cl3NO3S2/c1-11-3-2-4-14(15(11)9-12-5-6-13(20)10-16(12)21)19(24)23-28(25,26)18-8-7-17(22)27-18/h2-8,10H,9H2,1H3,(H,23,24). The second-order valence-corrected chi connectivity index (χ2v) is 10.5. The van der Waals surface area contributed by atoms with Gasteiger partial charge < -0.3 is 0 Å². The SMILES string of the molecule is Cc1cccc(C(=O)NS(=O)(=O)c2ccc(Cl)s2)c1Cc1ccc(Cl)cc1Cl. The zero-order valence-corrected chi connectivity index (χ0v) is 18.4. The summed E-state index contributed by atoms with van der Waals surface area (Å²) in [5, 5.41) is 0.986. The molecule has 0 aliphatic heterocycles. The third-order valence-corrected chi connectivity index (χ3v) is 7.72. The van der Waals surface area contributed by atoms with Gasteiger partial charge in [0.2, 0.25) is 0 Å². The van der Waals surface area contributed by atoms with Crippen LogP contribution in [0, 0.1) is 6.92 Å². The van der Waals surface area contributed by atoms with Crippen LogP contribution in [-0.2, 0) is 16.4 Å². The fourth-order valence-corrected chi connectivity index (χ4v) is 5.60. The van der Waals surface area contributed by atoms with Crippen LogP contribution in [0.25, 0.3) is 0 Å². The predicted octanol–water partition coefficient (Wildman–Crippen LogP) is 5.73. The molecule has 0 aliphatic rings. The molecule has 146 valence electrons. The molecule has 1 aromatic heterocycles. The third kappa shape index (κ3) is 4.70. The number of carbonyl (C=O) groups is 1. The van der Waals surface area contributed by atoms with E-state index in [0.717, 1.165) is 22.5 Å². The van der Waals surface area contributed by atoms with Crippen molar-refractivity contribution in [2.45, 2.75) is 17.6 Å². The van der Waals surface area contributed by atoms with Crippen LogP contribution in [0.3, 0.4) is 0 Å².